The van der Waals surface area contributed by atoms with Gasteiger partial charge in [-0.05, 0) is 31.2 Å². The second kappa shape index (κ2) is 6.96. The Morgan fingerprint density at radius 2 is 1.92 bits per heavy atom. The van der Waals surface area contributed by atoms with Gasteiger partial charge in [-0.3, -0.25) is 9.69 Å². The van der Waals surface area contributed by atoms with E-state index < -0.39 is 5.97 Å². The van der Waals surface area contributed by atoms with Crippen LogP contribution >= 0.6 is 0 Å². The first kappa shape index (κ1) is 16.3. The van der Waals surface area contributed by atoms with Gasteiger partial charge in [-0.1, -0.05) is 35.5 Å². The fourth-order valence-corrected chi connectivity index (χ4v) is 4.07. The fraction of sp³-hybridized carbons (Fsp3) is 0.526. The molecule has 2 aromatic rings. The molecule has 2 heterocycles. The maximum atomic E-state index is 11.3. The summed E-state index contributed by atoms with van der Waals surface area (Å²) in [6.07, 6.45) is 4.07. The molecule has 2 aliphatic rings. The summed E-state index contributed by atoms with van der Waals surface area (Å²) < 4.78 is 2.03. The number of rotatable bonds is 4. The van der Waals surface area contributed by atoms with Gasteiger partial charge in [-0.25, -0.2) is 4.68 Å². The number of benzene rings is 1. The van der Waals surface area contributed by atoms with E-state index in [9.17, 15) is 9.90 Å². The van der Waals surface area contributed by atoms with Gasteiger partial charge in [0, 0.05) is 26.1 Å². The Balaban J connectivity index is 1.40. The smallest absolute Gasteiger partial charge is 0.306 e. The first-order chi connectivity index (χ1) is 12.2. The van der Waals surface area contributed by atoms with Gasteiger partial charge in [-0.15, -0.1) is 5.10 Å². The van der Waals surface area contributed by atoms with Crippen LogP contribution in [0.2, 0.25) is 0 Å². The number of piperidine rings is 1. The van der Waals surface area contributed by atoms with E-state index in [0.717, 1.165) is 50.3 Å². The number of carboxylic acid groups (broad SMARTS) is 1. The molecule has 1 aromatic heterocycles. The molecule has 6 nitrogen and oxygen atoms in total. The van der Waals surface area contributed by atoms with Crippen molar-refractivity contribution < 1.29 is 9.90 Å². The zero-order valence-corrected chi connectivity index (χ0v) is 14.3. The molecule has 1 saturated heterocycles. The molecule has 0 saturated carbocycles. The highest BCUT2D eigenvalue weighted by Crippen LogP contribution is 2.30. The summed E-state index contributed by atoms with van der Waals surface area (Å²) in [7, 11) is 0. The SMILES string of the molecule is O=C(O)C1CCc2nnn(C3CCN(Cc4ccccc4)CC3)c2C1. The van der Waals surface area contributed by atoms with E-state index in [2.05, 4.69) is 39.5 Å². The van der Waals surface area contributed by atoms with Gasteiger partial charge >= 0.3 is 5.97 Å². The molecule has 25 heavy (non-hydrogen) atoms. The van der Waals surface area contributed by atoms with Crippen molar-refractivity contribution in [3.05, 3.63) is 47.3 Å². The second-order valence-electron chi connectivity index (χ2n) is 7.20. The van der Waals surface area contributed by atoms with Crippen LogP contribution < -0.4 is 0 Å². The highest BCUT2D eigenvalue weighted by molar-refractivity contribution is 5.70. The summed E-state index contributed by atoms with van der Waals surface area (Å²) in [6.45, 7) is 3.07. The highest BCUT2D eigenvalue weighted by atomic mass is 16.4. The number of aliphatic carboxylic acids is 1. The number of carbonyl (C=O) groups is 1. The topological polar surface area (TPSA) is 71.2 Å². The molecule has 1 aliphatic carbocycles. The van der Waals surface area contributed by atoms with E-state index in [-0.39, 0.29) is 5.92 Å². The van der Waals surface area contributed by atoms with Gasteiger partial charge < -0.3 is 5.11 Å². The van der Waals surface area contributed by atoms with E-state index in [1.807, 2.05) is 10.7 Å². The van der Waals surface area contributed by atoms with E-state index in [1.165, 1.54) is 5.56 Å². The summed E-state index contributed by atoms with van der Waals surface area (Å²) in [4.78, 5) is 13.8. The van der Waals surface area contributed by atoms with Gasteiger partial charge in [0.05, 0.1) is 23.3 Å². The van der Waals surface area contributed by atoms with Crippen molar-refractivity contribution in [2.24, 2.45) is 5.92 Å². The first-order valence-electron chi connectivity index (χ1n) is 9.12. The molecular weight excluding hydrogens is 316 g/mol. The average molecular weight is 340 g/mol. The molecule has 1 N–H and O–H groups in total. The standard InChI is InChI=1S/C19H24N4O2/c24-19(25)15-6-7-17-18(12-15)23(21-20-17)16-8-10-22(11-9-16)13-14-4-2-1-3-5-14/h1-5,15-16H,6-13H2,(H,24,25). The number of nitrogens with zero attached hydrogens (tertiary/aromatic N) is 4. The summed E-state index contributed by atoms with van der Waals surface area (Å²) in [5.74, 6) is -0.987. The monoisotopic (exact) mass is 340 g/mol. The van der Waals surface area contributed by atoms with Crippen LogP contribution in [-0.2, 0) is 24.2 Å². The third-order valence-electron chi connectivity index (χ3n) is 5.54. The predicted molar refractivity (Wildman–Crippen MR) is 93.2 cm³/mol. The Bertz CT molecular complexity index is 735. The van der Waals surface area contributed by atoms with Crippen LogP contribution in [0.15, 0.2) is 30.3 Å². The van der Waals surface area contributed by atoms with Gasteiger partial charge in [0.25, 0.3) is 0 Å². The molecule has 0 bridgehead atoms. The number of hydrogen-bond acceptors (Lipinski definition) is 4. The first-order valence-corrected chi connectivity index (χ1v) is 9.12. The van der Waals surface area contributed by atoms with Crippen molar-refractivity contribution in [2.45, 2.75) is 44.7 Å². The third kappa shape index (κ3) is 3.44. The molecule has 132 valence electrons. The van der Waals surface area contributed by atoms with Crippen LogP contribution in [0, 0.1) is 5.92 Å². The Hall–Kier alpha value is -2.21. The summed E-state index contributed by atoms with van der Waals surface area (Å²) in [5.41, 5.74) is 3.41. The lowest BCUT2D eigenvalue weighted by Crippen LogP contribution is -2.35. The molecule has 1 fully saturated rings. The van der Waals surface area contributed by atoms with E-state index in [1.54, 1.807) is 0 Å². The van der Waals surface area contributed by atoms with Crippen molar-refractivity contribution in [3.8, 4) is 0 Å². The normalized spacial score (nSPS) is 21.8. The molecule has 1 aliphatic heterocycles. The average Bonchev–Trinajstić information content (AvgIpc) is 3.06. The number of carboxylic acids is 1. The number of fused-ring (bicyclic) bond motifs is 1. The zero-order valence-electron chi connectivity index (χ0n) is 14.3. The van der Waals surface area contributed by atoms with Crippen molar-refractivity contribution in [1.29, 1.82) is 0 Å². The maximum absolute atomic E-state index is 11.3. The van der Waals surface area contributed by atoms with E-state index in [0.29, 0.717) is 18.9 Å². The van der Waals surface area contributed by atoms with Crippen LogP contribution in [0.25, 0.3) is 0 Å². The summed E-state index contributed by atoms with van der Waals surface area (Å²) in [6, 6.07) is 10.9. The van der Waals surface area contributed by atoms with Gasteiger partial charge in [0.15, 0.2) is 0 Å². The number of aryl methyl sites for hydroxylation is 1. The third-order valence-corrected chi connectivity index (χ3v) is 5.54. The van der Waals surface area contributed by atoms with Crippen LogP contribution in [0.4, 0.5) is 0 Å². The lowest BCUT2D eigenvalue weighted by Gasteiger charge is -2.33. The zero-order chi connectivity index (χ0) is 17.2. The predicted octanol–water partition coefficient (Wildman–Crippen LogP) is 2.30. The Labute approximate surface area is 147 Å². The summed E-state index contributed by atoms with van der Waals surface area (Å²) in [5, 5.41) is 18.0. The van der Waals surface area contributed by atoms with Gasteiger partial charge in [0.1, 0.15) is 0 Å². The molecule has 1 aromatic carbocycles. The van der Waals surface area contributed by atoms with Gasteiger partial charge in [0.2, 0.25) is 0 Å². The Kier molecular flexibility index (Phi) is 4.53. The number of likely N-dealkylation sites (tertiary alicyclic amines) is 1. The highest BCUT2D eigenvalue weighted by Gasteiger charge is 2.31. The van der Waals surface area contributed by atoms with Crippen molar-refractivity contribution in [3.63, 3.8) is 0 Å². The van der Waals surface area contributed by atoms with Crippen molar-refractivity contribution in [2.75, 3.05) is 13.1 Å². The Morgan fingerprint density at radius 3 is 2.64 bits per heavy atom. The Morgan fingerprint density at radius 1 is 1.16 bits per heavy atom. The molecule has 0 spiro atoms. The molecular formula is C19H24N4O2. The van der Waals surface area contributed by atoms with Crippen LogP contribution in [0.3, 0.4) is 0 Å². The molecule has 1 unspecified atom stereocenters. The van der Waals surface area contributed by atoms with Crippen molar-refractivity contribution in [1.82, 2.24) is 19.9 Å². The minimum Gasteiger partial charge on any atom is -0.481 e. The molecule has 0 amide bonds. The largest absolute Gasteiger partial charge is 0.481 e. The van der Waals surface area contributed by atoms with Crippen LogP contribution in [0.5, 0.6) is 0 Å². The van der Waals surface area contributed by atoms with Crippen molar-refractivity contribution >= 4 is 5.97 Å². The minimum absolute atomic E-state index is 0.289. The van der Waals surface area contributed by atoms with Crippen LogP contribution in [-0.4, -0.2) is 44.1 Å². The van der Waals surface area contributed by atoms with E-state index >= 15 is 0 Å². The molecule has 0 radical (unpaired) electrons. The molecule has 6 heteroatoms. The summed E-state index contributed by atoms with van der Waals surface area (Å²) >= 11 is 0. The lowest BCUT2D eigenvalue weighted by molar-refractivity contribution is -0.142. The number of aromatic nitrogens is 3. The second-order valence-corrected chi connectivity index (χ2v) is 7.20. The lowest BCUT2D eigenvalue weighted by atomic mass is 9.89. The number of hydrogen-bond donors (Lipinski definition) is 1. The molecule has 1 atom stereocenters. The maximum Gasteiger partial charge on any atom is 0.306 e. The van der Waals surface area contributed by atoms with Crippen LogP contribution in [0.1, 0.15) is 42.3 Å². The minimum atomic E-state index is -0.698. The van der Waals surface area contributed by atoms with Gasteiger partial charge in [-0.2, -0.15) is 0 Å². The quantitative estimate of drug-likeness (QED) is 0.925. The molecule has 4 rings (SSSR count). The fourth-order valence-electron chi connectivity index (χ4n) is 4.07. The van der Waals surface area contributed by atoms with E-state index in [4.69, 9.17) is 0 Å².